The van der Waals surface area contributed by atoms with Crippen molar-refractivity contribution in [3.8, 4) is 0 Å². The van der Waals surface area contributed by atoms with Crippen molar-refractivity contribution < 1.29 is 14.7 Å². The van der Waals surface area contributed by atoms with Crippen molar-refractivity contribution in [2.24, 2.45) is 5.92 Å². The van der Waals surface area contributed by atoms with Gasteiger partial charge in [-0.25, -0.2) is 9.59 Å². The van der Waals surface area contributed by atoms with Gasteiger partial charge in [0, 0.05) is 18.3 Å². The van der Waals surface area contributed by atoms with Crippen molar-refractivity contribution in [1.82, 2.24) is 9.80 Å². The van der Waals surface area contributed by atoms with E-state index in [1.54, 1.807) is 16.7 Å². The third-order valence-electron chi connectivity index (χ3n) is 4.41. The number of likely N-dealkylation sites (tertiary alicyclic amines) is 1. The van der Waals surface area contributed by atoms with E-state index in [1.165, 1.54) is 0 Å². The molecule has 5 nitrogen and oxygen atoms in total. The van der Waals surface area contributed by atoms with Gasteiger partial charge in [-0.05, 0) is 25.7 Å². The van der Waals surface area contributed by atoms with Gasteiger partial charge in [-0.1, -0.05) is 26.7 Å². The molecule has 1 N–H and O–H groups in total. The number of carbonyl (C=O) groups excluding carboxylic acids is 1. The summed E-state index contributed by atoms with van der Waals surface area (Å²) in [5.74, 6) is -0.140. The molecule has 6 heteroatoms. The first-order chi connectivity index (χ1) is 9.93. The maximum Gasteiger partial charge on any atom is 0.327 e. The second kappa shape index (κ2) is 6.90. The number of hydrogen-bond donors (Lipinski definition) is 1. The summed E-state index contributed by atoms with van der Waals surface area (Å²) in [5, 5.41) is 9.39. The van der Waals surface area contributed by atoms with Crippen molar-refractivity contribution in [3.05, 3.63) is 0 Å². The number of amides is 2. The van der Waals surface area contributed by atoms with E-state index in [1.807, 2.05) is 18.7 Å². The SMILES string of the molecule is CC(C)C1SCC(C(=O)O)N1C(=O)N1CCCCCC1C. The Labute approximate surface area is 131 Å². The third kappa shape index (κ3) is 3.47. The summed E-state index contributed by atoms with van der Waals surface area (Å²) in [4.78, 5) is 28.0. The van der Waals surface area contributed by atoms with Crippen LogP contribution in [0, 0.1) is 5.92 Å². The minimum Gasteiger partial charge on any atom is -0.480 e. The van der Waals surface area contributed by atoms with Crippen molar-refractivity contribution >= 4 is 23.8 Å². The number of carboxylic acid groups (broad SMARTS) is 1. The smallest absolute Gasteiger partial charge is 0.327 e. The van der Waals surface area contributed by atoms with Gasteiger partial charge in [0.2, 0.25) is 0 Å². The largest absolute Gasteiger partial charge is 0.480 e. The number of hydrogen-bond acceptors (Lipinski definition) is 3. The van der Waals surface area contributed by atoms with Gasteiger partial charge in [0.15, 0.2) is 0 Å². The summed E-state index contributed by atoms with van der Waals surface area (Å²) in [7, 11) is 0. The van der Waals surface area contributed by atoms with Gasteiger partial charge in [0.05, 0.1) is 5.37 Å². The number of carbonyl (C=O) groups is 2. The fraction of sp³-hybridized carbons (Fsp3) is 0.867. The van der Waals surface area contributed by atoms with E-state index in [4.69, 9.17) is 0 Å². The summed E-state index contributed by atoms with van der Waals surface area (Å²) in [5.41, 5.74) is 0. The second-order valence-electron chi connectivity index (χ2n) is 6.40. The van der Waals surface area contributed by atoms with Crippen LogP contribution in [0.1, 0.15) is 46.5 Å². The standard InChI is InChI=1S/C15H26N2O3S/c1-10(2)13-17(12(9-21-13)14(18)19)15(20)16-8-6-4-5-7-11(16)3/h10-13H,4-9H2,1-3H3,(H,18,19). The predicted molar refractivity (Wildman–Crippen MR) is 84.4 cm³/mol. The topological polar surface area (TPSA) is 60.9 Å². The van der Waals surface area contributed by atoms with Gasteiger partial charge >= 0.3 is 12.0 Å². The summed E-state index contributed by atoms with van der Waals surface area (Å²) in [6.45, 7) is 6.92. The molecule has 3 unspecified atom stereocenters. The van der Waals surface area contributed by atoms with E-state index < -0.39 is 12.0 Å². The Hall–Kier alpha value is -0.910. The first-order valence-corrected chi connectivity index (χ1v) is 8.91. The molecule has 0 spiro atoms. The van der Waals surface area contributed by atoms with Crippen molar-refractivity contribution in [2.45, 2.75) is 63.9 Å². The molecule has 0 aliphatic carbocycles. The number of rotatable bonds is 2. The summed E-state index contributed by atoms with van der Waals surface area (Å²) in [6, 6.07) is -0.571. The van der Waals surface area contributed by atoms with Crippen LogP contribution in [-0.4, -0.2) is 56.7 Å². The van der Waals surface area contributed by atoms with Gasteiger partial charge in [-0.15, -0.1) is 11.8 Å². The molecule has 2 amide bonds. The number of urea groups is 1. The van der Waals surface area contributed by atoms with Crippen molar-refractivity contribution in [3.63, 3.8) is 0 Å². The molecule has 0 aromatic carbocycles. The molecule has 0 radical (unpaired) electrons. The third-order valence-corrected chi connectivity index (χ3v) is 6.03. The fourth-order valence-corrected chi connectivity index (χ4v) is 4.65. The number of thioether (sulfide) groups is 1. The lowest BCUT2D eigenvalue weighted by atomic mass is 10.1. The summed E-state index contributed by atoms with van der Waals surface area (Å²) in [6.07, 6.45) is 4.33. The molecule has 2 heterocycles. The van der Waals surface area contributed by atoms with Gasteiger partial charge in [-0.3, -0.25) is 4.90 Å². The second-order valence-corrected chi connectivity index (χ2v) is 7.55. The van der Waals surface area contributed by atoms with Crippen LogP contribution in [0.4, 0.5) is 4.79 Å². The summed E-state index contributed by atoms with van der Waals surface area (Å²) >= 11 is 1.59. The number of aliphatic carboxylic acids is 1. The molecule has 3 atom stereocenters. The molecular formula is C15H26N2O3S. The van der Waals surface area contributed by atoms with Crippen LogP contribution in [0.15, 0.2) is 0 Å². The first kappa shape index (κ1) is 16.5. The van der Waals surface area contributed by atoms with Gasteiger partial charge in [0.25, 0.3) is 0 Å². The Morgan fingerprint density at radius 2 is 1.95 bits per heavy atom. The Morgan fingerprint density at radius 3 is 2.57 bits per heavy atom. The minimum atomic E-state index is -0.888. The van der Waals surface area contributed by atoms with E-state index in [0.717, 1.165) is 32.2 Å². The quantitative estimate of drug-likeness (QED) is 0.851. The lowest BCUT2D eigenvalue weighted by Gasteiger charge is -2.37. The zero-order chi connectivity index (χ0) is 15.6. The molecule has 2 aliphatic rings. The van der Waals surface area contributed by atoms with Crippen molar-refractivity contribution in [2.75, 3.05) is 12.3 Å². The maximum atomic E-state index is 13.0. The Kier molecular flexibility index (Phi) is 5.41. The molecule has 0 aromatic rings. The van der Waals surface area contributed by atoms with Crippen LogP contribution in [0.5, 0.6) is 0 Å². The highest BCUT2D eigenvalue weighted by Gasteiger charge is 2.45. The van der Waals surface area contributed by atoms with Gasteiger partial charge < -0.3 is 10.0 Å². The molecule has 2 saturated heterocycles. The minimum absolute atomic E-state index is 0.0333. The molecular weight excluding hydrogens is 288 g/mol. The van der Waals surface area contributed by atoms with E-state index in [2.05, 4.69) is 6.92 Å². The normalized spacial score (nSPS) is 30.6. The zero-order valence-electron chi connectivity index (χ0n) is 13.1. The van der Waals surface area contributed by atoms with E-state index >= 15 is 0 Å². The van der Waals surface area contributed by atoms with Crippen LogP contribution in [0.2, 0.25) is 0 Å². The number of nitrogens with zero attached hydrogens (tertiary/aromatic N) is 2. The van der Waals surface area contributed by atoms with Crippen molar-refractivity contribution in [1.29, 1.82) is 0 Å². The van der Waals surface area contributed by atoms with E-state index in [0.29, 0.717) is 5.75 Å². The lowest BCUT2D eigenvalue weighted by molar-refractivity contribution is -0.141. The molecule has 0 bridgehead atoms. The highest BCUT2D eigenvalue weighted by atomic mass is 32.2. The van der Waals surface area contributed by atoms with Crippen LogP contribution >= 0.6 is 11.8 Å². The fourth-order valence-electron chi connectivity index (χ4n) is 3.18. The van der Waals surface area contributed by atoms with E-state index in [-0.39, 0.29) is 23.4 Å². The van der Waals surface area contributed by atoms with Gasteiger partial charge in [0.1, 0.15) is 6.04 Å². The predicted octanol–water partition coefficient (Wildman–Crippen LogP) is 2.86. The Balaban J connectivity index is 2.21. The monoisotopic (exact) mass is 314 g/mol. The maximum absolute atomic E-state index is 13.0. The Morgan fingerprint density at radius 1 is 1.24 bits per heavy atom. The highest BCUT2D eigenvalue weighted by molar-refractivity contribution is 8.00. The average Bonchev–Trinajstić information content (AvgIpc) is 2.76. The molecule has 21 heavy (non-hydrogen) atoms. The van der Waals surface area contributed by atoms with Crippen LogP contribution in [0.25, 0.3) is 0 Å². The Bertz CT molecular complexity index is 402. The van der Waals surface area contributed by atoms with Gasteiger partial charge in [-0.2, -0.15) is 0 Å². The molecule has 0 aromatic heterocycles. The lowest BCUT2D eigenvalue weighted by Crippen LogP contribution is -2.54. The molecule has 0 saturated carbocycles. The van der Waals surface area contributed by atoms with Crippen LogP contribution in [0.3, 0.4) is 0 Å². The molecule has 2 aliphatic heterocycles. The highest BCUT2D eigenvalue weighted by Crippen LogP contribution is 2.35. The molecule has 2 fully saturated rings. The number of carboxylic acids is 1. The average molecular weight is 314 g/mol. The molecule has 2 rings (SSSR count). The zero-order valence-corrected chi connectivity index (χ0v) is 13.9. The van der Waals surface area contributed by atoms with Crippen LogP contribution < -0.4 is 0 Å². The van der Waals surface area contributed by atoms with Crippen LogP contribution in [-0.2, 0) is 4.79 Å². The van der Waals surface area contributed by atoms with E-state index in [9.17, 15) is 14.7 Å². The molecule has 120 valence electrons. The first-order valence-electron chi connectivity index (χ1n) is 7.86. The summed E-state index contributed by atoms with van der Waals surface area (Å²) < 4.78 is 0.